The molecule has 0 radical (unpaired) electrons. The quantitative estimate of drug-likeness (QED) is 0.746. The zero-order valence-electron chi connectivity index (χ0n) is 13.0. The van der Waals surface area contributed by atoms with Crippen LogP contribution in [0.1, 0.15) is 40.5 Å². The van der Waals surface area contributed by atoms with Gasteiger partial charge in [0.25, 0.3) is 0 Å². The number of amides is 1. The van der Waals surface area contributed by atoms with Crippen LogP contribution >= 0.6 is 0 Å². The van der Waals surface area contributed by atoms with Gasteiger partial charge in [-0.3, -0.25) is 0 Å². The Morgan fingerprint density at radius 1 is 1.37 bits per heavy atom. The summed E-state index contributed by atoms with van der Waals surface area (Å²) in [6.45, 7) is 10.6. The van der Waals surface area contributed by atoms with Gasteiger partial charge in [0.05, 0.1) is 0 Å². The molecule has 2 N–H and O–H groups in total. The van der Waals surface area contributed by atoms with Crippen molar-refractivity contribution < 1.29 is 9.53 Å². The molecule has 1 aliphatic rings. The highest BCUT2D eigenvalue weighted by Gasteiger charge is 2.25. The standard InChI is InChI=1S/C14H29N3O2/c1-11-9-12(10-17(11)5)15-7-6-8-16-13(18)19-14(2,3)4/h11-12,15H,6-10H2,1-5H3,(H,16,18)/t11-,12-/m1/s1. The zero-order valence-corrected chi connectivity index (χ0v) is 13.0. The second-order valence-electron chi connectivity index (χ2n) is 6.46. The van der Waals surface area contributed by atoms with Crippen LogP contribution in [-0.4, -0.2) is 55.4 Å². The number of likely N-dealkylation sites (tertiary alicyclic amines) is 1. The topological polar surface area (TPSA) is 53.6 Å². The Kier molecular flexibility index (Phi) is 6.07. The molecule has 0 aliphatic carbocycles. The molecule has 0 aromatic rings. The minimum absolute atomic E-state index is 0.332. The average molecular weight is 271 g/mol. The van der Waals surface area contributed by atoms with Crippen molar-refractivity contribution in [3.05, 3.63) is 0 Å². The van der Waals surface area contributed by atoms with E-state index in [1.807, 2.05) is 20.8 Å². The molecule has 0 aromatic heterocycles. The molecule has 0 unspecified atom stereocenters. The molecule has 0 saturated carbocycles. The fourth-order valence-corrected chi connectivity index (χ4v) is 2.24. The molecule has 0 aromatic carbocycles. The first-order chi connectivity index (χ1) is 8.78. The Morgan fingerprint density at radius 2 is 2.05 bits per heavy atom. The van der Waals surface area contributed by atoms with E-state index >= 15 is 0 Å². The lowest BCUT2D eigenvalue weighted by atomic mass is 10.2. The largest absolute Gasteiger partial charge is 0.444 e. The summed E-state index contributed by atoms with van der Waals surface area (Å²) in [5, 5.41) is 6.30. The summed E-state index contributed by atoms with van der Waals surface area (Å²) in [6, 6.07) is 1.25. The number of likely N-dealkylation sites (N-methyl/N-ethyl adjacent to an activating group) is 1. The highest BCUT2D eigenvalue weighted by atomic mass is 16.6. The van der Waals surface area contributed by atoms with Gasteiger partial charge in [-0.25, -0.2) is 4.79 Å². The predicted molar refractivity (Wildman–Crippen MR) is 77.4 cm³/mol. The molecule has 1 heterocycles. The molecular formula is C14H29N3O2. The maximum atomic E-state index is 11.4. The average Bonchev–Trinajstić information content (AvgIpc) is 2.55. The molecule has 0 spiro atoms. The molecule has 1 fully saturated rings. The molecule has 1 aliphatic heterocycles. The van der Waals surface area contributed by atoms with Crippen molar-refractivity contribution in [2.45, 2.75) is 58.2 Å². The summed E-state index contributed by atoms with van der Waals surface area (Å²) in [6.07, 6.45) is 1.80. The van der Waals surface area contributed by atoms with Crippen molar-refractivity contribution in [3.63, 3.8) is 0 Å². The number of ether oxygens (including phenoxy) is 1. The van der Waals surface area contributed by atoms with E-state index in [9.17, 15) is 4.79 Å². The number of nitrogens with zero attached hydrogens (tertiary/aromatic N) is 1. The van der Waals surface area contributed by atoms with Crippen LogP contribution in [0.3, 0.4) is 0 Å². The number of alkyl carbamates (subject to hydrolysis) is 1. The van der Waals surface area contributed by atoms with E-state index in [1.165, 1.54) is 6.42 Å². The van der Waals surface area contributed by atoms with Gasteiger partial charge in [0.15, 0.2) is 0 Å². The Bertz CT molecular complexity index is 279. The van der Waals surface area contributed by atoms with Crippen molar-refractivity contribution in [1.29, 1.82) is 0 Å². The van der Waals surface area contributed by atoms with E-state index in [2.05, 4.69) is 29.5 Å². The van der Waals surface area contributed by atoms with Crippen LogP contribution in [0.15, 0.2) is 0 Å². The van der Waals surface area contributed by atoms with Crippen molar-refractivity contribution in [2.24, 2.45) is 0 Å². The lowest BCUT2D eigenvalue weighted by Crippen LogP contribution is -2.36. The van der Waals surface area contributed by atoms with E-state index in [4.69, 9.17) is 4.74 Å². The normalized spacial score (nSPS) is 24.5. The predicted octanol–water partition coefficient (Wildman–Crippen LogP) is 1.58. The van der Waals surface area contributed by atoms with Gasteiger partial charge in [-0.05, 0) is 54.1 Å². The van der Waals surface area contributed by atoms with Crippen LogP contribution in [0.25, 0.3) is 0 Å². The second kappa shape index (κ2) is 7.10. The third-order valence-corrected chi connectivity index (χ3v) is 3.34. The summed E-state index contributed by atoms with van der Waals surface area (Å²) < 4.78 is 5.17. The van der Waals surface area contributed by atoms with Gasteiger partial charge in [-0.15, -0.1) is 0 Å². The van der Waals surface area contributed by atoms with Crippen molar-refractivity contribution >= 4 is 6.09 Å². The maximum absolute atomic E-state index is 11.4. The molecule has 5 nitrogen and oxygen atoms in total. The van der Waals surface area contributed by atoms with Crippen LogP contribution in [-0.2, 0) is 4.74 Å². The first kappa shape index (κ1) is 16.2. The van der Waals surface area contributed by atoms with Crippen LogP contribution < -0.4 is 10.6 Å². The first-order valence-corrected chi connectivity index (χ1v) is 7.18. The minimum Gasteiger partial charge on any atom is -0.444 e. The molecular weight excluding hydrogens is 242 g/mol. The molecule has 1 rings (SSSR count). The molecule has 1 saturated heterocycles. The summed E-state index contributed by atoms with van der Waals surface area (Å²) in [5.41, 5.74) is -0.424. The fourth-order valence-electron chi connectivity index (χ4n) is 2.24. The Hall–Kier alpha value is -0.810. The van der Waals surface area contributed by atoms with Crippen LogP contribution in [0.2, 0.25) is 0 Å². The zero-order chi connectivity index (χ0) is 14.5. The van der Waals surface area contributed by atoms with Gasteiger partial charge in [0, 0.05) is 25.2 Å². The van der Waals surface area contributed by atoms with E-state index in [0.717, 1.165) is 19.5 Å². The van der Waals surface area contributed by atoms with Crippen LogP contribution in [0, 0.1) is 0 Å². The number of carbonyl (C=O) groups excluding carboxylic acids is 1. The summed E-state index contributed by atoms with van der Waals surface area (Å²) in [7, 11) is 2.16. The highest BCUT2D eigenvalue weighted by Crippen LogP contribution is 2.14. The third-order valence-electron chi connectivity index (χ3n) is 3.34. The Morgan fingerprint density at radius 3 is 2.58 bits per heavy atom. The van der Waals surface area contributed by atoms with E-state index in [0.29, 0.717) is 18.6 Å². The number of carbonyl (C=O) groups is 1. The van der Waals surface area contributed by atoms with E-state index in [1.54, 1.807) is 0 Å². The van der Waals surface area contributed by atoms with E-state index < -0.39 is 5.60 Å². The van der Waals surface area contributed by atoms with Crippen LogP contribution in [0.4, 0.5) is 4.79 Å². The highest BCUT2D eigenvalue weighted by molar-refractivity contribution is 5.67. The third kappa shape index (κ3) is 6.78. The lowest BCUT2D eigenvalue weighted by molar-refractivity contribution is 0.0527. The number of nitrogens with one attached hydrogen (secondary N) is 2. The monoisotopic (exact) mass is 271 g/mol. The molecule has 1 amide bonds. The summed E-state index contributed by atoms with van der Waals surface area (Å²) in [4.78, 5) is 13.8. The van der Waals surface area contributed by atoms with Gasteiger partial charge in [0.2, 0.25) is 0 Å². The smallest absolute Gasteiger partial charge is 0.407 e. The van der Waals surface area contributed by atoms with Crippen LogP contribution in [0.5, 0.6) is 0 Å². The molecule has 5 heteroatoms. The first-order valence-electron chi connectivity index (χ1n) is 7.18. The Balaban J connectivity index is 2.01. The SMILES string of the molecule is C[C@@H]1C[C@@H](NCCCNC(=O)OC(C)(C)C)CN1C. The van der Waals surface area contributed by atoms with Gasteiger partial charge >= 0.3 is 6.09 Å². The van der Waals surface area contributed by atoms with Gasteiger partial charge < -0.3 is 20.3 Å². The van der Waals surface area contributed by atoms with Crippen molar-refractivity contribution in [3.8, 4) is 0 Å². The van der Waals surface area contributed by atoms with Gasteiger partial charge in [0.1, 0.15) is 5.60 Å². The van der Waals surface area contributed by atoms with Crippen molar-refractivity contribution in [2.75, 3.05) is 26.7 Å². The molecule has 19 heavy (non-hydrogen) atoms. The Labute approximate surface area is 117 Å². The summed E-state index contributed by atoms with van der Waals surface area (Å²) >= 11 is 0. The molecule has 112 valence electrons. The van der Waals surface area contributed by atoms with Gasteiger partial charge in [-0.1, -0.05) is 0 Å². The maximum Gasteiger partial charge on any atom is 0.407 e. The van der Waals surface area contributed by atoms with Gasteiger partial charge in [-0.2, -0.15) is 0 Å². The van der Waals surface area contributed by atoms with Crippen molar-refractivity contribution in [1.82, 2.24) is 15.5 Å². The number of hydrogen-bond donors (Lipinski definition) is 2. The molecule has 2 atom stereocenters. The second-order valence-corrected chi connectivity index (χ2v) is 6.46. The minimum atomic E-state index is -0.424. The molecule has 0 bridgehead atoms. The fraction of sp³-hybridized carbons (Fsp3) is 0.929. The lowest BCUT2D eigenvalue weighted by Gasteiger charge is -2.19. The number of hydrogen-bond acceptors (Lipinski definition) is 4. The van der Waals surface area contributed by atoms with E-state index in [-0.39, 0.29) is 6.09 Å². The summed E-state index contributed by atoms with van der Waals surface area (Å²) in [5.74, 6) is 0. The number of rotatable bonds is 5.